The molecule has 122 valence electrons. The molecule has 2 aromatic carbocycles. The second-order valence-electron chi connectivity index (χ2n) is 4.66. The topological polar surface area (TPSA) is 88.4 Å². The first-order chi connectivity index (χ1) is 11.0. The van der Waals surface area contributed by atoms with Gasteiger partial charge in [-0.1, -0.05) is 12.2 Å². The Labute approximate surface area is 133 Å². The fraction of sp³-hybridized carbons (Fsp3) is 0.176. The Hall–Kier alpha value is -3.02. The fourth-order valence-corrected chi connectivity index (χ4v) is 2.12. The highest BCUT2D eigenvalue weighted by molar-refractivity contribution is 5.76. The molecule has 23 heavy (non-hydrogen) atoms. The van der Waals surface area contributed by atoms with E-state index in [-0.39, 0.29) is 28.7 Å². The molecule has 0 aliphatic carbocycles. The molecular weight excluding hydrogens is 300 g/mol. The van der Waals surface area contributed by atoms with Crippen LogP contribution in [-0.2, 0) is 0 Å². The van der Waals surface area contributed by atoms with Crippen LogP contribution in [0.2, 0.25) is 0 Å². The van der Waals surface area contributed by atoms with E-state index in [0.717, 1.165) is 0 Å². The van der Waals surface area contributed by atoms with E-state index in [1.54, 1.807) is 30.4 Å². The molecule has 0 saturated heterocycles. The maximum Gasteiger partial charge on any atom is 0.203 e. The van der Waals surface area contributed by atoms with Crippen LogP contribution >= 0.6 is 0 Å². The minimum atomic E-state index is -0.329. The lowest BCUT2D eigenvalue weighted by Crippen LogP contribution is -1.91. The molecule has 0 saturated carbocycles. The van der Waals surface area contributed by atoms with Crippen LogP contribution in [-0.4, -0.2) is 36.6 Å². The quantitative estimate of drug-likeness (QED) is 0.580. The summed E-state index contributed by atoms with van der Waals surface area (Å²) in [6.07, 6.45) is 3.25. The van der Waals surface area contributed by atoms with Crippen LogP contribution in [0.3, 0.4) is 0 Å². The maximum absolute atomic E-state index is 9.95. The zero-order chi connectivity index (χ0) is 17.0. The highest BCUT2D eigenvalue weighted by Crippen LogP contribution is 2.40. The Morgan fingerprint density at radius 3 is 2.09 bits per heavy atom. The van der Waals surface area contributed by atoms with E-state index in [1.165, 1.54) is 27.4 Å². The SMILES string of the molecule is COc1ccc(/C=C\c2cc(O)c(OC)c(OC)c2)c(O)c1O. The van der Waals surface area contributed by atoms with Crippen molar-refractivity contribution in [1.82, 2.24) is 0 Å². The number of benzene rings is 2. The molecule has 2 aromatic rings. The number of hydrogen-bond donors (Lipinski definition) is 3. The largest absolute Gasteiger partial charge is 0.504 e. The highest BCUT2D eigenvalue weighted by Gasteiger charge is 2.12. The summed E-state index contributed by atoms with van der Waals surface area (Å²) >= 11 is 0. The van der Waals surface area contributed by atoms with E-state index in [1.807, 2.05) is 0 Å². The molecular formula is C17H18O6. The Morgan fingerprint density at radius 2 is 1.48 bits per heavy atom. The van der Waals surface area contributed by atoms with Gasteiger partial charge in [-0.2, -0.15) is 0 Å². The molecule has 2 rings (SSSR count). The number of phenolic OH excluding ortho intramolecular Hbond substituents is 3. The van der Waals surface area contributed by atoms with Crippen molar-refractivity contribution in [2.75, 3.05) is 21.3 Å². The summed E-state index contributed by atoms with van der Waals surface area (Å²) in [5.74, 6) is 0.135. The number of ether oxygens (including phenoxy) is 3. The molecule has 0 aromatic heterocycles. The van der Waals surface area contributed by atoms with Gasteiger partial charge >= 0.3 is 0 Å². The molecule has 0 aliphatic heterocycles. The highest BCUT2D eigenvalue weighted by atomic mass is 16.5. The standard InChI is InChI=1S/C17H18O6/c1-21-13-7-6-11(15(19)16(13)20)5-4-10-8-12(18)17(23-3)14(9-10)22-2/h4-9,18-20H,1-3H3/b5-4-. The number of rotatable bonds is 5. The molecule has 0 bridgehead atoms. The van der Waals surface area contributed by atoms with Gasteiger partial charge in [-0.05, 0) is 29.8 Å². The van der Waals surface area contributed by atoms with Crippen molar-refractivity contribution in [3.05, 3.63) is 35.4 Å². The van der Waals surface area contributed by atoms with E-state index < -0.39 is 0 Å². The third kappa shape index (κ3) is 3.26. The van der Waals surface area contributed by atoms with Crippen molar-refractivity contribution >= 4 is 12.2 Å². The molecule has 0 amide bonds. The summed E-state index contributed by atoms with van der Waals surface area (Å²) in [5, 5.41) is 29.7. The van der Waals surface area contributed by atoms with Crippen LogP contribution in [0.15, 0.2) is 24.3 Å². The van der Waals surface area contributed by atoms with Gasteiger partial charge < -0.3 is 29.5 Å². The number of methoxy groups -OCH3 is 3. The van der Waals surface area contributed by atoms with Crippen molar-refractivity contribution in [2.24, 2.45) is 0 Å². The van der Waals surface area contributed by atoms with E-state index >= 15 is 0 Å². The van der Waals surface area contributed by atoms with Gasteiger partial charge in [-0.3, -0.25) is 0 Å². The van der Waals surface area contributed by atoms with Crippen molar-refractivity contribution in [3.8, 4) is 34.5 Å². The third-order valence-electron chi connectivity index (χ3n) is 3.30. The van der Waals surface area contributed by atoms with E-state index in [0.29, 0.717) is 16.9 Å². The normalized spacial score (nSPS) is 10.7. The molecule has 0 spiro atoms. The first-order valence-corrected chi connectivity index (χ1v) is 6.73. The monoisotopic (exact) mass is 318 g/mol. The summed E-state index contributed by atoms with van der Waals surface area (Å²) in [5.41, 5.74) is 1.03. The van der Waals surface area contributed by atoms with Gasteiger partial charge in [-0.15, -0.1) is 0 Å². The molecule has 3 N–H and O–H groups in total. The van der Waals surface area contributed by atoms with E-state index in [9.17, 15) is 15.3 Å². The Bertz CT molecular complexity index is 736. The van der Waals surface area contributed by atoms with Crippen LogP contribution in [0.4, 0.5) is 0 Å². The number of aromatic hydroxyl groups is 3. The lowest BCUT2D eigenvalue weighted by Gasteiger charge is -2.10. The number of phenols is 3. The smallest absolute Gasteiger partial charge is 0.203 e. The molecule has 0 aliphatic rings. The Balaban J connectivity index is 2.38. The summed E-state index contributed by atoms with van der Waals surface area (Å²) in [4.78, 5) is 0. The lowest BCUT2D eigenvalue weighted by molar-refractivity contribution is 0.333. The second kappa shape index (κ2) is 6.83. The Kier molecular flexibility index (Phi) is 4.85. The average molecular weight is 318 g/mol. The lowest BCUT2D eigenvalue weighted by atomic mass is 10.1. The van der Waals surface area contributed by atoms with Crippen LogP contribution in [0.5, 0.6) is 34.5 Å². The van der Waals surface area contributed by atoms with Crippen molar-refractivity contribution in [3.63, 3.8) is 0 Å². The van der Waals surface area contributed by atoms with Crippen molar-refractivity contribution < 1.29 is 29.5 Å². The summed E-state index contributed by atoms with van der Waals surface area (Å²) in [6.45, 7) is 0. The van der Waals surface area contributed by atoms with Crippen LogP contribution in [0, 0.1) is 0 Å². The molecule has 0 fully saturated rings. The van der Waals surface area contributed by atoms with Gasteiger partial charge in [0.1, 0.15) is 0 Å². The predicted molar refractivity (Wildman–Crippen MR) is 86.5 cm³/mol. The molecule has 6 nitrogen and oxygen atoms in total. The zero-order valence-electron chi connectivity index (χ0n) is 13.0. The maximum atomic E-state index is 9.95. The van der Waals surface area contributed by atoms with Gasteiger partial charge in [0.25, 0.3) is 0 Å². The minimum Gasteiger partial charge on any atom is -0.504 e. The van der Waals surface area contributed by atoms with Crippen LogP contribution in [0.1, 0.15) is 11.1 Å². The molecule has 0 radical (unpaired) electrons. The van der Waals surface area contributed by atoms with Crippen LogP contribution in [0.25, 0.3) is 12.2 Å². The fourth-order valence-electron chi connectivity index (χ4n) is 2.12. The molecule has 6 heteroatoms. The molecule has 0 atom stereocenters. The Morgan fingerprint density at radius 1 is 0.783 bits per heavy atom. The van der Waals surface area contributed by atoms with Crippen molar-refractivity contribution in [1.29, 1.82) is 0 Å². The minimum absolute atomic E-state index is 0.0618. The predicted octanol–water partition coefficient (Wildman–Crippen LogP) is 3.00. The third-order valence-corrected chi connectivity index (χ3v) is 3.30. The van der Waals surface area contributed by atoms with Gasteiger partial charge in [0.05, 0.1) is 21.3 Å². The molecule has 0 unspecified atom stereocenters. The zero-order valence-corrected chi connectivity index (χ0v) is 13.0. The van der Waals surface area contributed by atoms with Gasteiger partial charge in [-0.25, -0.2) is 0 Å². The van der Waals surface area contributed by atoms with Gasteiger partial charge in [0.2, 0.25) is 11.5 Å². The van der Waals surface area contributed by atoms with Crippen LogP contribution < -0.4 is 14.2 Å². The summed E-state index contributed by atoms with van der Waals surface area (Å²) in [7, 11) is 4.31. The van der Waals surface area contributed by atoms with E-state index in [4.69, 9.17) is 14.2 Å². The van der Waals surface area contributed by atoms with E-state index in [2.05, 4.69) is 0 Å². The first-order valence-electron chi connectivity index (χ1n) is 6.73. The average Bonchev–Trinajstić information content (AvgIpc) is 2.55. The summed E-state index contributed by atoms with van der Waals surface area (Å²) < 4.78 is 15.1. The second-order valence-corrected chi connectivity index (χ2v) is 4.66. The van der Waals surface area contributed by atoms with Gasteiger partial charge in [0, 0.05) is 5.56 Å². The molecule has 0 heterocycles. The number of hydrogen-bond acceptors (Lipinski definition) is 6. The van der Waals surface area contributed by atoms with Crippen molar-refractivity contribution in [2.45, 2.75) is 0 Å². The summed E-state index contributed by atoms with van der Waals surface area (Å²) in [6, 6.07) is 6.32. The first kappa shape index (κ1) is 16.4. The van der Waals surface area contributed by atoms with Gasteiger partial charge in [0.15, 0.2) is 23.0 Å².